The average molecular weight is 385 g/mol. The van der Waals surface area contributed by atoms with Gasteiger partial charge in [0, 0.05) is 12.5 Å². The van der Waals surface area contributed by atoms with Crippen molar-refractivity contribution in [2.45, 2.75) is 13.8 Å². The molecule has 0 aromatic heterocycles. The van der Waals surface area contributed by atoms with Crippen molar-refractivity contribution in [2.24, 2.45) is 0 Å². The summed E-state index contributed by atoms with van der Waals surface area (Å²) in [6, 6.07) is 10.9. The number of esters is 2. The Morgan fingerprint density at radius 2 is 1.89 bits per heavy atom. The number of hydrogen-bond donors (Lipinski definition) is 0. The smallest absolute Gasteiger partial charge is 0.343 e. The first-order valence-corrected chi connectivity index (χ1v) is 8.53. The first-order valence-electron chi connectivity index (χ1n) is 8.16. The fourth-order valence-electron chi connectivity index (χ4n) is 2.59. The fourth-order valence-corrected chi connectivity index (χ4v) is 2.85. The highest BCUT2D eigenvalue weighted by Gasteiger charge is 2.22. The fraction of sp³-hybridized carbons (Fsp3) is 0.143. The maximum absolute atomic E-state index is 12.2. The van der Waals surface area contributed by atoms with Crippen molar-refractivity contribution < 1.29 is 23.8 Å². The van der Waals surface area contributed by atoms with E-state index in [-0.39, 0.29) is 10.8 Å². The summed E-state index contributed by atoms with van der Waals surface area (Å²) in [6.07, 6.45) is 3.31. The van der Waals surface area contributed by atoms with Crippen molar-refractivity contribution in [1.29, 1.82) is 0 Å². The maximum atomic E-state index is 12.2. The van der Waals surface area contributed by atoms with E-state index in [0.717, 1.165) is 11.1 Å². The minimum absolute atomic E-state index is 0.138. The van der Waals surface area contributed by atoms with Crippen LogP contribution < -0.4 is 9.47 Å². The van der Waals surface area contributed by atoms with Crippen molar-refractivity contribution in [3.63, 3.8) is 0 Å². The summed E-state index contributed by atoms with van der Waals surface area (Å²) < 4.78 is 15.7. The standard InChI is InChI=1S/C21H17ClO5/c1-12-4-6-15(7-5-12)18-11-16(21(24)27-18)8-14-9-17(22)20(26-13(2)23)19(10-14)25-3/h4-11H,1-3H3. The molecule has 0 amide bonds. The molecule has 138 valence electrons. The largest absolute Gasteiger partial charge is 0.493 e. The molecule has 1 heterocycles. The SMILES string of the molecule is COc1cc(C=C2C=C(c3ccc(C)cc3)OC2=O)cc(Cl)c1OC(C)=O. The monoisotopic (exact) mass is 384 g/mol. The summed E-state index contributed by atoms with van der Waals surface area (Å²) in [5.74, 6) is -0.0470. The number of carbonyl (C=O) groups is 2. The number of benzene rings is 2. The highest BCUT2D eigenvalue weighted by molar-refractivity contribution is 6.32. The number of aryl methyl sites for hydroxylation is 1. The van der Waals surface area contributed by atoms with Crippen LogP contribution in [0, 0.1) is 6.92 Å². The van der Waals surface area contributed by atoms with Crippen molar-refractivity contribution in [3.8, 4) is 11.5 Å². The summed E-state index contributed by atoms with van der Waals surface area (Å²) in [6.45, 7) is 3.26. The van der Waals surface area contributed by atoms with Crippen molar-refractivity contribution in [1.82, 2.24) is 0 Å². The normalized spacial score (nSPS) is 14.7. The Kier molecular flexibility index (Phi) is 5.33. The van der Waals surface area contributed by atoms with E-state index in [1.807, 2.05) is 31.2 Å². The zero-order valence-electron chi connectivity index (χ0n) is 15.0. The molecule has 0 radical (unpaired) electrons. The van der Waals surface area contributed by atoms with E-state index in [1.165, 1.54) is 14.0 Å². The molecule has 0 saturated heterocycles. The summed E-state index contributed by atoms with van der Waals surface area (Å²) in [5, 5.41) is 0.200. The second-order valence-electron chi connectivity index (χ2n) is 5.99. The van der Waals surface area contributed by atoms with Gasteiger partial charge < -0.3 is 14.2 Å². The number of ether oxygens (including phenoxy) is 3. The van der Waals surface area contributed by atoms with Crippen LogP contribution in [0.3, 0.4) is 0 Å². The van der Waals surface area contributed by atoms with E-state index in [0.29, 0.717) is 22.6 Å². The van der Waals surface area contributed by atoms with Crippen molar-refractivity contribution >= 4 is 35.4 Å². The van der Waals surface area contributed by atoms with Gasteiger partial charge in [-0.05, 0) is 36.8 Å². The van der Waals surface area contributed by atoms with Gasteiger partial charge in [-0.25, -0.2) is 4.79 Å². The summed E-state index contributed by atoms with van der Waals surface area (Å²) >= 11 is 6.20. The maximum Gasteiger partial charge on any atom is 0.343 e. The molecule has 0 saturated carbocycles. The molecule has 0 aliphatic carbocycles. The van der Waals surface area contributed by atoms with Gasteiger partial charge in [-0.1, -0.05) is 41.4 Å². The number of rotatable bonds is 4. The van der Waals surface area contributed by atoms with Crippen LogP contribution >= 0.6 is 11.6 Å². The molecule has 3 rings (SSSR count). The third kappa shape index (κ3) is 4.20. The van der Waals surface area contributed by atoms with E-state index in [1.54, 1.807) is 24.3 Å². The lowest BCUT2D eigenvalue weighted by atomic mass is 10.1. The Labute approximate surface area is 161 Å². The Balaban J connectivity index is 1.96. The molecule has 27 heavy (non-hydrogen) atoms. The van der Waals surface area contributed by atoms with Crippen LogP contribution in [0.25, 0.3) is 11.8 Å². The Morgan fingerprint density at radius 3 is 2.52 bits per heavy atom. The van der Waals surface area contributed by atoms with Crippen LogP contribution in [-0.2, 0) is 14.3 Å². The van der Waals surface area contributed by atoms with Crippen molar-refractivity contribution in [2.75, 3.05) is 7.11 Å². The first kappa shape index (κ1) is 18.7. The molecule has 6 heteroatoms. The van der Waals surface area contributed by atoms with Crippen LogP contribution in [0.5, 0.6) is 11.5 Å². The van der Waals surface area contributed by atoms with Crippen LogP contribution in [-0.4, -0.2) is 19.0 Å². The van der Waals surface area contributed by atoms with Gasteiger partial charge in [-0.3, -0.25) is 4.79 Å². The Bertz CT molecular complexity index is 971. The molecule has 0 unspecified atom stereocenters. The van der Waals surface area contributed by atoms with Gasteiger partial charge in [0.05, 0.1) is 17.7 Å². The van der Waals surface area contributed by atoms with Gasteiger partial charge >= 0.3 is 11.9 Å². The summed E-state index contributed by atoms with van der Waals surface area (Å²) in [7, 11) is 1.44. The minimum Gasteiger partial charge on any atom is -0.493 e. The van der Waals surface area contributed by atoms with Gasteiger partial charge in [0.25, 0.3) is 0 Å². The van der Waals surface area contributed by atoms with E-state index in [9.17, 15) is 9.59 Å². The summed E-state index contributed by atoms with van der Waals surface area (Å²) in [5.41, 5.74) is 2.93. The lowest BCUT2D eigenvalue weighted by Crippen LogP contribution is -2.04. The molecule has 5 nitrogen and oxygen atoms in total. The highest BCUT2D eigenvalue weighted by atomic mass is 35.5. The van der Waals surface area contributed by atoms with E-state index < -0.39 is 11.9 Å². The van der Waals surface area contributed by atoms with Gasteiger partial charge in [0.2, 0.25) is 0 Å². The number of cyclic esters (lactones) is 1. The van der Waals surface area contributed by atoms with Crippen molar-refractivity contribution in [3.05, 3.63) is 69.8 Å². The lowest BCUT2D eigenvalue weighted by Gasteiger charge is -2.11. The molecule has 0 atom stereocenters. The number of carbonyl (C=O) groups excluding carboxylic acids is 2. The molecular formula is C21H17ClO5. The predicted octanol–water partition coefficient (Wildman–Crippen LogP) is 4.56. The number of methoxy groups -OCH3 is 1. The molecular weight excluding hydrogens is 368 g/mol. The van der Waals surface area contributed by atoms with E-state index in [4.69, 9.17) is 25.8 Å². The third-order valence-electron chi connectivity index (χ3n) is 3.88. The van der Waals surface area contributed by atoms with Crippen LogP contribution in [0.4, 0.5) is 0 Å². The molecule has 0 fully saturated rings. The Hall–Kier alpha value is -3.05. The molecule has 1 aliphatic rings. The van der Waals surface area contributed by atoms with Crippen LogP contribution in [0.1, 0.15) is 23.6 Å². The second-order valence-corrected chi connectivity index (χ2v) is 6.40. The number of hydrogen-bond acceptors (Lipinski definition) is 5. The summed E-state index contributed by atoms with van der Waals surface area (Å²) in [4.78, 5) is 23.4. The second kappa shape index (κ2) is 7.68. The molecule has 2 aromatic carbocycles. The van der Waals surface area contributed by atoms with E-state index in [2.05, 4.69) is 0 Å². The third-order valence-corrected chi connectivity index (χ3v) is 4.16. The van der Waals surface area contributed by atoms with Gasteiger partial charge in [0.1, 0.15) is 5.76 Å². The lowest BCUT2D eigenvalue weighted by molar-refractivity contribution is -0.132. The van der Waals surface area contributed by atoms with Crippen LogP contribution in [0.15, 0.2) is 48.0 Å². The minimum atomic E-state index is -0.508. The molecule has 0 N–H and O–H groups in total. The van der Waals surface area contributed by atoms with Gasteiger partial charge in [-0.2, -0.15) is 0 Å². The highest BCUT2D eigenvalue weighted by Crippen LogP contribution is 2.37. The quantitative estimate of drug-likeness (QED) is 0.439. The van der Waals surface area contributed by atoms with Gasteiger partial charge in [-0.15, -0.1) is 0 Å². The molecule has 0 spiro atoms. The molecule has 0 bridgehead atoms. The van der Waals surface area contributed by atoms with E-state index >= 15 is 0 Å². The average Bonchev–Trinajstić information content (AvgIpc) is 2.98. The zero-order valence-corrected chi connectivity index (χ0v) is 15.8. The Morgan fingerprint density at radius 1 is 1.19 bits per heavy atom. The molecule has 2 aromatic rings. The molecule has 1 aliphatic heterocycles. The first-order chi connectivity index (χ1) is 12.9. The number of halogens is 1. The van der Waals surface area contributed by atoms with Crippen LogP contribution in [0.2, 0.25) is 5.02 Å². The zero-order chi connectivity index (χ0) is 19.6. The topological polar surface area (TPSA) is 61.8 Å². The predicted molar refractivity (Wildman–Crippen MR) is 103 cm³/mol. The van der Waals surface area contributed by atoms with Gasteiger partial charge in [0.15, 0.2) is 11.5 Å².